The maximum absolute atomic E-state index is 12.4. The molecule has 2 fully saturated rings. The number of hydrogen-bond acceptors (Lipinski definition) is 3. The third kappa shape index (κ3) is 2.33. The second-order valence-electron chi connectivity index (χ2n) is 6.97. The molecule has 0 bridgehead atoms. The van der Waals surface area contributed by atoms with Crippen LogP contribution in [0, 0.1) is 6.92 Å². The van der Waals surface area contributed by atoms with E-state index in [4.69, 9.17) is 4.74 Å². The number of amides is 2. The summed E-state index contributed by atoms with van der Waals surface area (Å²) in [6.07, 6.45) is 2.89. The minimum absolute atomic E-state index is 0.120. The Morgan fingerprint density at radius 3 is 2.83 bits per heavy atom. The highest BCUT2D eigenvalue weighted by Crippen LogP contribution is 2.32. The number of aryl methyl sites for hydroxylation is 2. The lowest BCUT2D eigenvalue weighted by Crippen LogP contribution is -2.65. The van der Waals surface area contributed by atoms with Crippen molar-refractivity contribution in [1.82, 2.24) is 14.8 Å². The highest BCUT2D eigenvalue weighted by atomic mass is 16.6. The molecule has 0 aliphatic carbocycles. The van der Waals surface area contributed by atoms with E-state index in [0.29, 0.717) is 32.5 Å². The fraction of sp³-hybridized carbons (Fsp3) is 0.444. The third-order valence-electron chi connectivity index (χ3n) is 5.06. The SMILES string of the molecule is Cc1cccc2[nH]cc(CCC(=O)N3CC4(CN(C)C(=O)O4)C3)c12. The van der Waals surface area contributed by atoms with Crippen molar-refractivity contribution in [2.45, 2.75) is 25.4 Å². The molecular weight excluding hydrogens is 306 g/mol. The van der Waals surface area contributed by atoms with Gasteiger partial charge in [0.15, 0.2) is 5.60 Å². The predicted molar refractivity (Wildman–Crippen MR) is 89.8 cm³/mol. The van der Waals surface area contributed by atoms with E-state index < -0.39 is 5.60 Å². The van der Waals surface area contributed by atoms with Gasteiger partial charge in [-0.2, -0.15) is 0 Å². The summed E-state index contributed by atoms with van der Waals surface area (Å²) in [6, 6.07) is 6.17. The molecule has 126 valence electrons. The van der Waals surface area contributed by atoms with Crippen molar-refractivity contribution < 1.29 is 14.3 Å². The van der Waals surface area contributed by atoms with Crippen LogP contribution < -0.4 is 0 Å². The molecule has 0 atom stereocenters. The number of ether oxygens (including phenoxy) is 1. The molecule has 2 aliphatic heterocycles. The molecule has 2 amide bonds. The number of likely N-dealkylation sites (N-methyl/N-ethyl adjacent to an activating group) is 1. The second kappa shape index (κ2) is 5.26. The highest BCUT2D eigenvalue weighted by molar-refractivity contribution is 5.87. The number of fused-ring (bicyclic) bond motifs is 1. The van der Waals surface area contributed by atoms with E-state index in [0.717, 1.165) is 5.52 Å². The number of benzene rings is 1. The first-order chi connectivity index (χ1) is 11.5. The molecule has 6 nitrogen and oxygen atoms in total. The topological polar surface area (TPSA) is 65.6 Å². The van der Waals surface area contributed by atoms with Gasteiger partial charge in [0.1, 0.15) is 0 Å². The van der Waals surface area contributed by atoms with E-state index in [2.05, 4.69) is 24.0 Å². The Morgan fingerprint density at radius 2 is 2.12 bits per heavy atom. The second-order valence-corrected chi connectivity index (χ2v) is 6.97. The lowest BCUT2D eigenvalue weighted by atomic mass is 9.93. The summed E-state index contributed by atoms with van der Waals surface area (Å²) in [7, 11) is 1.72. The number of H-pyrrole nitrogens is 1. The number of aromatic nitrogens is 1. The van der Waals surface area contributed by atoms with Crippen LogP contribution in [-0.2, 0) is 16.0 Å². The van der Waals surface area contributed by atoms with Gasteiger partial charge in [-0.25, -0.2) is 4.79 Å². The molecular formula is C18H21N3O3. The highest BCUT2D eigenvalue weighted by Gasteiger charge is 2.53. The van der Waals surface area contributed by atoms with Gasteiger partial charge in [-0.05, 0) is 30.5 Å². The van der Waals surface area contributed by atoms with Gasteiger partial charge in [-0.15, -0.1) is 0 Å². The van der Waals surface area contributed by atoms with Gasteiger partial charge < -0.3 is 19.5 Å². The molecule has 0 saturated carbocycles. The van der Waals surface area contributed by atoms with E-state index in [-0.39, 0.29) is 12.0 Å². The zero-order valence-corrected chi connectivity index (χ0v) is 14.0. The number of likely N-dealkylation sites (tertiary alicyclic amines) is 1. The molecule has 6 heteroatoms. The fourth-order valence-corrected chi connectivity index (χ4v) is 3.83. The van der Waals surface area contributed by atoms with E-state index in [1.807, 2.05) is 12.3 Å². The standard InChI is InChI=1S/C18H21N3O3/c1-12-4-3-5-14-16(12)13(8-19-14)6-7-15(22)21-10-18(11-21)9-20(2)17(23)24-18/h3-5,8,19H,6-7,9-11H2,1-2H3. The summed E-state index contributed by atoms with van der Waals surface area (Å²) in [5.74, 6) is 0.120. The summed E-state index contributed by atoms with van der Waals surface area (Å²) in [6.45, 7) is 3.67. The maximum atomic E-state index is 12.4. The zero-order chi connectivity index (χ0) is 16.9. The zero-order valence-electron chi connectivity index (χ0n) is 14.0. The van der Waals surface area contributed by atoms with Crippen molar-refractivity contribution in [2.75, 3.05) is 26.7 Å². The number of carbonyl (C=O) groups excluding carboxylic acids is 2. The number of carbonyl (C=O) groups is 2. The normalized spacial score (nSPS) is 19.0. The van der Waals surface area contributed by atoms with E-state index in [9.17, 15) is 9.59 Å². The van der Waals surface area contributed by atoms with Gasteiger partial charge in [0.25, 0.3) is 0 Å². The minimum atomic E-state index is -0.473. The van der Waals surface area contributed by atoms with Crippen molar-refractivity contribution >= 4 is 22.9 Å². The third-order valence-corrected chi connectivity index (χ3v) is 5.06. The lowest BCUT2D eigenvalue weighted by molar-refractivity contribution is -0.150. The largest absolute Gasteiger partial charge is 0.437 e. The van der Waals surface area contributed by atoms with Crippen LogP contribution in [0.15, 0.2) is 24.4 Å². The van der Waals surface area contributed by atoms with Crippen LogP contribution in [0.2, 0.25) is 0 Å². The first-order valence-electron chi connectivity index (χ1n) is 8.25. The molecule has 4 rings (SSSR count). The van der Waals surface area contributed by atoms with Crippen LogP contribution in [0.4, 0.5) is 4.79 Å². The number of nitrogens with zero attached hydrogens (tertiary/aromatic N) is 2. The number of nitrogens with one attached hydrogen (secondary N) is 1. The summed E-state index contributed by atoms with van der Waals surface area (Å²) in [4.78, 5) is 30.5. The first kappa shape index (κ1) is 15.1. The van der Waals surface area contributed by atoms with Gasteiger partial charge in [0, 0.05) is 30.6 Å². The molecule has 1 aromatic heterocycles. The van der Waals surface area contributed by atoms with Gasteiger partial charge in [-0.1, -0.05) is 12.1 Å². The average molecular weight is 327 g/mol. The van der Waals surface area contributed by atoms with Gasteiger partial charge in [-0.3, -0.25) is 4.79 Å². The number of aromatic amines is 1. The van der Waals surface area contributed by atoms with Gasteiger partial charge >= 0.3 is 6.09 Å². The van der Waals surface area contributed by atoms with Crippen molar-refractivity contribution in [2.24, 2.45) is 0 Å². The van der Waals surface area contributed by atoms with Crippen LogP contribution in [0.25, 0.3) is 10.9 Å². The molecule has 1 N–H and O–H groups in total. The van der Waals surface area contributed by atoms with E-state index in [1.165, 1.54) is 16.5 Å². The molecule has 1 aromatic carbocycles. The summed E-state index contributed by atoms with van der Waals surface area (Å²) < 4.78 is 5.39. The molecule has 0 unspecified atom stereocenters. The number of rotatable bonds is 3. The maximum Gasteiger partial charge on any atom is 0.410 e. The Morgan fingerprint density at radius 1 is 1.33 bits per heavy atom. The smallest absolute Gasteiger partial charge is 0.410 e. The molecule has 24 heavy (non-hydrogen) atoms. The summed E-state index contributed by atoms with van der Waals surface area (Å²) in [5, 5.41) is 1.22. The van der Waals surface area contributed by atoms with Crippen LogP contribution in [0.3, 0.4) is 0 Å². The van der Waals surface area contributed by atoms with Gasteiger partial charge in [0.2, 0.25) is 5.91 Å². The lowest BCUT2D eigenvalue weighted by Gasteiger charge is -2.45. The Balaban J connectivity index is 1.37. The Labute approximate surface area is 140 Å². The van der Waals surface area contributed by atoms with Crippen molar-refractivity contribution in [3.05, 3.63) is 35.5 Å². The van der Waals surface area contributed by atoms with Crippen molar-refractivity contribution in [3.8, 4) is 0 Å². The molecule has 1 spiro atoms. The Hall–Kier alpha value is -2.50. The molecule has 3 heterocycles. The predicted octanol–water partition coefficient (Wildman–Crippen LogP) is 2.07. The van der Waals surface area contributed by atoms with Crippen molar-refractivity contribution in [1.29, 1.82) is 0 Å². The fourth-order valence-electron chi connectivity index (χ4n) is 3.83. The monoisotopic (exact) mass is 327 g/mol. The molecule has 0 radical (unpaired) electrons. The van der Waals surface area contributed by atoms with Crippen LogP contribution in [0.5, 0.6) is 0 Å². The van der Waals surface area contributed by atoms with Crippen LogP contribution >= 0.6 is 0 Å². The summed E-state index contributed by atoms with van der Waals surface area (Å²) in [5.41, 5.74) is 3.04. The Kier molecular flexibility index (Phi) is 3.30. The first-order valence-corrected chi connectivity index (χ1v) is 8.25. The minimum Gasteiger partial charge on any atom is -0.437 e. The molecule has 2 aliphatic rings. The van der Waals surface area contributed by atoms with Crippen LogP contribution in [0.1, 0.15) is 17.5 Å². The van der Waals surface area contributed by atoms with Gasteiger partial charge in [0.05, 0.1) is 19.6 Å². The van der Waals surface area contributed by atoms with E-state index in [1.54, 1.807) is 16.8 Å². The molecule has 2 saturated heterocycles. The van der Waals surface area contributed by atoms with E-state index >= 15 is 0 Å². The number of hydrogen-bond donors (Lipinski definition) is 1. The molecule has 2 aromatic rings. The van der Waals surface area contributed by atoms with Crippen molar-refractivity contribution in [3.63, 3.8) is 0 Å². The summed E-state index contributed by atoms with van der Waals surface area (Å²) >= 11 is 0. The van der Waals surface area contributed by atoms with Crippen LogP contribution in [-0.4, -0.2) is 59.1 Å². The Bertz CT molecular complexity index is 820. The average Bonchev–Trinajstić information content (AvgIpc) is 3.06. The quantitative estimate of drug-likeness (QED) is 0.938.